The lowest BCUT2D eigenvalue weighted by Crippen LogP contribution is -2.04. The van der Waals surface area contributed by atoms with Crippen molar-refractivity contribution in [3.05, 3.63) is 113 Å². The summed E-state index contributed by atoms with van der Waals surface area (Å²) in [5, 5.41) is 1.54. The molecule has 0 aliphatic carbocycles. The van der Waals surface area contributed by atoms with Crippen LogP contribution < -0.4 is 10.4 Å². The van der Waals surface area contributed by atoms with E-state index < -0.39 is 0 Å². The highest BCUT2D eigenvalue weighted by atomic mass is 16.5. The predicted octanol–water partition coefficient (Wildman–Crippen LogP) is 5.81. The van der Waals surface area contributed by atoms with Crippen molar-refractivity contribution in [2.45, 2.75) is 12.8 Å². The number of ether oxygens (including phenoxy) is 1. The molecule has 3 aromatic carbocycles. The maximum absolute atomic E-state index is 12.6. The topological polar surface area (TPSA) is 39.4 Å². The zero-order valence-corrected chi connectivity index (χ0v) is 16.3. The second-order valence-corrected chi connectivity index (χ2v) is 6.84. The molecular formula is C26H22O3. The molecule has 0 bridgehead atoms. The minimum absolute atomic E-state index is 0.316. The third-order valence-electron chi connectivity index (χ3n) is 4.98. The normalized spacial score (nSPS) is 11.2. The van der Waals surface area contributed by atoms with Crippen molar-refractivity contribution < 1.29 is 9.15 Å². The fourth-order valence-corrected chi connectivity index (χ4v) is 3.47. The zero-order valence-electron chi connectivity index (χ0n) is 16.3. The summed E-state index contributed by atoms with van der Waals surface area (Å²) in [6, 6.07) is 25.5. The molecule has 0 aliphatic heterocycles. The van der Waals surface area contributed by atoms with Crippen LogP contribution in [0.1, 0.15) is 11.1 Å². The second kappa shape index (κ2) is 8.61. The molecule has 1 aromatic heterocycles. The van der Waals surface area contributed by atoms with Crippen LogP contribution in [0.3, 0.4) is 0 Å². The Hall–Kier alpha value is -3.59. The molecule has 0 fully saturated rings. The van der Waals surface area contributed by atoms with Crippen molar-refractivity contribution in [3.63, 3.8) is 0 Å². The Kier molecular flexibility index (Phi) is 5.57. The first-order valence-electron chi connectivity index (χ1n) is 9.64. The maximum Gasteiger partial charge on any atom is 0.344 e. The van der Waals surface area contributed by atoms with Crippen molar-refractivity contribution in [2.24, 2.45) is 0 Å². The van der Waals surface area contributed by atoms with Crippen LogP contribution in [-0.4, -0.2) is 7.11 Å². The summed E-state index contributed by atoms with van der Waals surface area (Å²) >= 11 is 0. The number of rotatable bonds is 6. The van der Waals surface area contributed by atoms with Gasteiger partial charge < -0.3 is 9.15 Å². The molecule has 0 radical (unpaired) electrons. The van der Waals surface area contributed by atoms with Crippen LogP contribution in [0.15, 0.2) is 100 Å². The lowest BCUT2D eigenvalue weighted by molar-refractivity contribution is 0.415. The van der Waals surface area contributed by atoms with Gasteiger partial charge in [-0.15, -0.1) is 0 Å². The first-order chi connectivity index (χ1) is 14.3. The molecule has 0 N–H and O–H groups in total. The lowest BCUT2D eigenvalue weighted by atomic mass is 9.98. The van der Waals surface area contributed by atoms with Crippen LogP contribution in [0.5, 0.6) is 5.75 Å². The van der Waals surface area contributed by atoms with Gasteiger partial charge in [-0.05, 0) is 54.1 Å². The number of allylic oxidation sites excluding steroid dienone is 2. The number of benzene rings is 3. The monoisotopic (exact) mass is 382 g/mol. The number of fused-ring (bicyclic) bond motifs is 1. The van der Waals surface area contributed by atoms with Crippen LogP contribution in [0.25, 0.3) is 22.1 Å². The molecule has 4 rings (SSSR count). The summed E-state index contributed by atoms with van der Waals surface area (Å²) in [6.45, 7) is 0. The molecule has 4 aromatic rings. The predicted molar refractivity (Wildman–Crippen MR) is 117 cm³/mol. The van der Waals surface area contributed by atoms with Gasteiger partial charge in [0, 0.05) is 11.1 Å². The SMILES string of the molecule is COc1ccc(-c2oc(=O)c3ccccc3c2C/C=C/Cc2ccccc2)cc1. The Morgan fingerprint density at radius 2 is 1.45 bits per heavy atom. The van der Waals surface area contributed by atoms with Gasteiger partial charge >= 0.3 is 5.63 Å². The highest BCUT2D eigenvalue weighted by Gasteiger charge is 2.14. The molecule has 0 saturated carbocycles. The Labute approximate surface area is 169 Å². The molecule has 1 heterocycles. The Bertz CT molecular complexity index is 1190. The van der Waals surface area contributed by atoms with Crippen LogP contribution in [0, 0.1) is 0 Å². The average Bonchev–Trinajstić information content (AvgIpc) is 2.78. The molecule has 3 nitrogen and oxygen atoms in total. The summed E-state index contributed by atoms with van der Waals surface area (Å²) < 4.78 is 11.0. The van der Waals surface area contributed by atoms with Gasteiger partial charge in [-0.3, -0.25) is 0 Å². The van der Waals surface area contributed by atoms with Gasteiger partial charge in [-0.1, -0.05) is 60.7 Å². The Morgan fingerprint density at radius 1 is 0.793 bits per heavy atom. The highest BCUT2D eigenvalue weighted by molar-refractivity contribution is 5.88. The van der Waals surface area contributed by atoms with Crippen LogP contribution in [0.4, 0.5) is 0 Å². The van der Waals surface area contributed by atoms with Crippen molar-refractivity contribution in [1.82, 2.24) is 0 Å². The molecular weight excluding hydrogens is 360 g/mol. The first kappa shape index (κ1) is 18.8. The van der Waals surface area contributed by atoms with Crippen LogP contribution in [-0.2, 0) is 12.8 Å². The summed E-state index contributed by atoms with van der Waals surface area (Å²) in [5.74, 6) is 1.38. The van der Waals surface area contributed by atoms with Gasteiger partial charge in [0.15, 0.2) is 0 Å². The Morgan fingerprint density at radius 3 is 2.17 bits per heavy atom. The van der Waals surface area contributed by atoms with Gasteiger partial charge in [-0.25, -0.2) is 4.79 Å². The lowest BCUT2D eigenvalue weighted by Gasteiger charge is -2.11. The van der Waals surface area contributed by atoms with E-state index in [2.05, 4.69) is 24.3 Å². The van der Waals surface area contributed by atoms with Crippen molar-refractivity contribution in [2.75, 3.05) is 7.11 Å². The largest absolute Gasteiger partial charge is 0.497 e. The average molecular weight is 382 g/mol. The second-order valence-electron chi connectivity index (χ2n) is 6.84. The number of hydrogen-bond acceptors (Lipinski definition) is 3. The van der Waals surface area contributed by atoms with Gasteiger partial charge in [0.25, 0.3) is 0 Å². The van der Waals surface area contributed by atoms with E-state index in [1.54, 1.807) is 7.11 Å². The summed E-state index contributed by atoms with van der Waals surface area (Å²) in [6.07, 6.45) is 5.85. The maximum atomic E-state index is 12.6. The summed E-state index contributed by atoms with van der Waals surface area (Å²) in [4.78, 5) is 12.6. The van der Waals surface area contributed by atoms with E-state index in [4.69, 9.17) is 9.15 Å². The van der Waals surface area contributed by atoms with E-state index in [-0.39, 0.29) is 5.63 Å². The summed E-state index contributed by atoms with van der Waals surface area (Å²) in [7, 11) is 1.63. The molecule has 29 heavy (non-hydrogen) atoms. The van der Waals surface area contributed by atoms with E-state index in [0.717, 1.165) is 28.7 Å². The highest BCUT2D eigenvalue weighted by Crippen LogP contribution is 2.30. The molecule has 3 heteroatoms. The molecule has 0 atom stereocenters. The van der Waals surface area contributed by atoms with Gasteiger partial charge in [0.2, 0.25) is 0 Å². The van der Waals surface area contributed by atoms with Gasteiger partial charge in [0.05, 0.1) is 12.5 Å². The first-order valence-corrected chi connectivity index (χ1v) is 9.64. The molecule has 0 unspecified atom stereocenters. The third kappa shape index (κ3) is 4.14. The molecule has 0 saturated heterocycles. The van der Waals surface area contributed by atoms with Crippen LogP contribution >= 0.6 is 0 Å². The van der Waals surface area contributed by atoms with E-state index >= 15 is 0 Å². The van der Waals surface area contributed by atoms with E-state index in [0.29, 0.717) is 17.6 Å². The minimum Gasteiger partial charge on any atom is -0.497 e. The third-order valence-corrected chi connectivity index (χ3v) is 4.98. The fraction of sp³-hybridized carbons (Fsp3) is 0.115. The van der Waals surface area contributed by atoms with Crippen molar-refractivity contribution in [1.29, 1.82) is 0 Å². The van der Waals surface area contributed by atoms with Crippen LogP contribution in [0.2, 0.25) is 0 Å². The quantitative estimate of drug-likeness (QED) is 0.395. The molecule has 0 aliphatic rings. The minimum atomic E-state index is -0.316. The van der Waals surface area contributed by atoms with Crippen molar-refractivity contribution in [3.8, 4) is 17.1 Å². The standard InChI is InChI=1S/C26H22O3/c1-28-21-17-15-20(16-18-21)25-23(13-6-5-11-19-9-3-2-4-10-19)22-12-7-8-14-24(22)26(27)29-25/h2-10,12,14-18H,11,13H2,1H3/b6-5+. The van der Waals surface area contributed by atoms with E-state index in [9.17, 15) is 4.79 Å². The fourth-order valence-electron chi connectivity index (χ4n) is 3.47. The molecule has 144 valence electrons. The van der Waals surface area contributed by atoms with Gasteiger partial charge in [-0.2, -0.15) is 0 Å². The zero-order chi connectivity index (χ0) is 20.1. The Balaban J connectivity index is 1.73. The van der Waals surface area contributed by atoms with Crippen molar-refractivity contribution >= 4 is 10.8 Å². The van der Waals surface area contributed by atoms with Gasteiger partial charge in [0.1, 0.15) is 11.5 Å². The molecule has 0 amide bonds. The van der Waals surface area contributed by atoms with E-state index in [1.807, 2.05) is 66.7 Å². The number of hydrogen-bond donors (Lipinski definition) is 0. The number of methoxy groups -OCH3 is 1. The molecule has 0 spiro atoms. The van der Waals surface area contributed by atoms with E-state index in [1.165, 1.54) is 5.56 Å². The summed E-state index contributed by atoms with van der Waals surface area (Å²) in [5.41, 5.74) is 2.82. The smallest absolute Gasteiger partial charge is 0.344 e.